The molecule has 0 amide bonds. The minimum Gasteiger partial charge on any atom is -0.385 e. The molecule has 0 unspecified atom stereocenters. The first kappa shape index (κ1) is 12.9. The molecule has 4 heteroatoms. The van der Waals surface area contributed by atoms with E-state index in [-0.39, 0.29) is 5.78 Å². The lowest BCUT2D eigenvalue weighted by Crippen LogP contribution is -2.05. The molecule has 0 radical (unpaired) electrons. The van der Waals surface area contributed by atoms with Crippen LogP contribution in [0.2, 0.25) is 0 Å². The summed E-state index contributed by atoms with van der Waals surface area (Å²) in [5, 5.41) is 4.38. The number of carbonyl (C=O) groups is 1. The van der Waals surface area contributed by atoms with E-state index in [0.29, 0.717) is 0 Å². The Labute approximate surface area is 96.6 Å². The summed E-state index contributed by atoms with van der Waals surface area (Å²) in [5.41, 5.74) is 2.57. The number of methoxy groups -OCH3 is 1. The first-order chi connectivity index (χ1) is 7.57. The Hall–Kier alpha value is -1.16. The first-order valence-corrected chi connectivity index (χ1v) is 5.61. The second kappa shape index (κ2) is 5.80. The fraction of sp³-hybridized carbons (Fsp3) is 0.667. The van der Waals surface area contributed by atoms with Crippen LogP contribution in [0.1, 0.15) is 41.5 Å². The van der Waals surface area contributed by atoms with E-state index in [9.17, 15) is 4.79 Å². The van der Waals surface area contributed by atoms with Gasteiger partial charge in [-0.2, -0.15) is 5.10 Å². The highest BCUT2D eigenvalue weighted by Gasteiger charge is 2.14. The summed E-state index contributed by atoms with van der Waals surface area (Å²) in [6, 6.07) is 0. The molecule has 0 spiro atoms. The second-order valence-electron chi connectivity index (χ2n) is 4.03. The number of aromatic nitrogens is 2. The predicted octanol–water partition coefficient (Wildman–Crippen LogP) is 2.13. The topological polar surface area (TPSA) is 44.1 Å². The molecule has 0 aromatic carbocycles. The zero-order valence-corrected chi connectivity index (χ0v) is 10.5. The maximum absolute atomic E-state index is 11.4. The van der Waals surface area contributed by atoms with Gasteiger partial charge in [0, 0.05) is 26.0 Å². The Bertz CT molecular complexity index is 369. The molecular weight excluding hydrogens is 204 g/mol. The van der Waals surface area contributed by atoms with E-state index in [0.717, 1.165) is 42.9 Å². The molecule has 0 aliphatic carbocycles. The van der Waals surface area contributed by atoms with Gasteiger partial charge >= 0.3 is 0 Å². The average Bonchev–Trinajstić information content (AvgIpc) is 2.49. The van der Waals surface area contributed by atoms with Crippen molar-refractivity contribution in [2.75, 3.05) is 13.7 Å². The Morgan fingerprint density at radius 1 is 1.38 bits per heavy atom. The van der Waals surface area contributed by atoms with Crippen molar-refractivity contribution in [3.8, 4) is 0 Å². The van der Waals surface area contributed by atoms with Gasteiger partial charge in [0.1, 0.15) is 0 Å². The van der Waals surface area contributed by atoms with Gasteiger partial charge in [-0.15, -0.1) is 0 Å². The number of carbonyl (C=O) groups excluding carboxylic acids is 1. The molecule has 1 heterocycles. The van der Waals surface area contributed by atoms with Crippen LogP contribution in [-0.2, 0) is 11.3 Å². The second-order valence-corrected chi connectivity index (χ2v) is 4.03. The normalized spacial score (nSPS) is 10.8. The number of rotatable bonds is 6. The number of ether oxygens (including phenoxy) is 1. The van der Waals surface area contributed by atoms with Gasteiger partial charge in [-0.1, -0.05) is 0 Å². The molecule has 0 fully saturated rings. The van der Waals surface area contributed by atoms with Crippen LogP contribution < -0.4 is 0 Å². The van der Waals surface area contributed by atoms with E-state index in [2.05, 4.69) is 5.10 Å². The Morgan fingerprint density at radius 3 is 2.56 bits per heavy atom. The minimum atomic E-state index is 0.0955. The molecule has 1 aromatic heterocycles. The average molecular weight is 224 g/mol. The third-order valence-electron chi connectivity index (χ3n) is 2.70. The van der Waals surface area contributed by atoms with Crippen molar-refractivity contribution in [3.05, 3.63) is 17.0 Å². The zero-order valence-electron chi connectivity index (χ0n) is 10.5. The number of unbranched alkanes of at least 4 members (excludes halogenated alkanes) is 1. The molecule has 1 rings (SSSR count). The molecule has 4 nitrogen and oxygen atoms in total. The molecular formula is C12H20N2O2. The van der Waals surface area contributed by atoms with Gasteiger partial charge in [-0.3, -0.25) is 9.48 Å². The quantitative estimate of drug-likeness (QED) is 0.549. The molecule has 90 valence electrons. The molecule has 16 heavy (non-hydrogen) atoms. The first-order valence-electron chi connectivity index (χ1n) is 5.61. The van der Waals surface area contributed by atoms with Crippen LogP contribution in [0.15, 0.2) is 0 Å². The van der Waals surface area contributed by atoms with Crippen molar-refractivity contribution in [1.82, 2.24) is 9.78 Å². The van der Waals surface area contributed by atoms with Gasteiger partial charge < -0.3 is 4.74 Å². The molecule has 0 atom stereocenters. The Kier molecular flexibility index (Phi) is 4.68. The van der Waals surface area contributed by atoms with Crippen LogP contribution >= 0.6 is 0 Å². The SMILES string of the molecule is COCCCCn1nc(C)c(C(C)=O)c1C. The summed E-state index contributed by atoms with van der Waals surface area (Å²) in [6.07, 6.45) is 2.04. The summed E-state index contributed by atoms with van der Waals surface area (Å²) in [7, 11) is 1.71. The van der Waals surface area contributed by atoms with Crippen LogP contribution in [0.4, 0.5) is 0 Å². The van der Waals surface area contributed by atoms with Gasteiger partial charge in [0.2, 0.25) is 0 Å². The number of hydrogen-bond acceptors (Lipinski definition) is 3. The van der Waals surface area contributed by atoms with Crippen LogP contribution in [0, 0.1) is 13.8 Å². The van der Waals surface area contributed by atoms with E-state index in [1.54, 1.807) is 14.0 Å². The third kappa shape index (κ3) is 2.92. The fourth-order valence-corrected chi connectivity index (χ4v) is 1.93. The van der Waals surface area contributed by atoms with Crippen molar-refractivity contribution in [3.63, 3.8) is 0 Å². The van der Waals surface area contributed by atoms with Gasteiger partial charge in [0.15, 0.2) is 5.78 Å². The van der Waals surface area contributed by atoms with Gasteiger partial charge in [0.25, 0.3) is 0 Å². The maximum Gasteiger partial charge on any atom is 0.163 e. The van der Waals surface area contributed by atoms with Gasteiger partial charge in [0.05, 0.1) is 11.3 Å². The summed E-state index contributed by atoms with van der Waals surface area (Å²) in [5.74, 6) is 0.0955. The lowest BCUT2D eigenvalue weighted by molar-refractivity contribution is 0.101. The lowest BCUT2D eigenvalue weighted by Gasteiger charge is -2.04. The van der Waals surface area contributed by atoms with Crippen LogP contribution in [0.5, 0.6) is 0 Å². The monoisotopic (exact) mass is 224 g/mol. The molecule has 0 saturated carbocycles. The molecule has 0 aliphatic heterocycles. The largest absolute Gasteiger partial charge is 0.385 e. The minimum absolute atomic E-state index is 0.0955. The summed E-state index contributed by atoms with van der Waals surface area (Å²) in [6.45, 7) is 7.05. The van der Waals surface area contributed by atoms with E-state index in [4.69, 9.17) is 4.74 Å². The van der Waals surface area contributed by atoms with Crippen LogP contribution in [-0.4, -0.2) is 29.3 Å². The smallest absolute Gasteiger partial charge is 0.163 e. The number of ketones is 1. The van der Waals surface area contributed by atoms with E-state index >= 15 is 0 Å². The number of aryl methyl sites for hydroxylation is 2. The number of Topliss-reactive ketones (excluding diaryl/α,β-unsaturated/α-hetero) is 1. The lowest BCUT2D eigenvalue weighted by atomic mass is 10.1. The predicted molar refractivity (Wildman–Crippen MR) is 62.8 cm³/mol. The molecule has 0 saturated heterocycles. The summed E-state index contributed by atoms with van der Waals surface area (Å²) >= 11 is 0. The van der Waals surface area contributed by atoms with Crippen molar-refractivity contribution >= 4 is 5.78 Å². The zero-order chi connectivity index (χ0) is 12.1. The van der Waals surface area contributed by atoms with Crippen molar-refractivity contribution in [2.45, 2.75) is 40.2 Å². The van der Waals surface area contributed by atoms with E-state index < -0.39 is 0 Å². The molecule has 0 aliphatic rings. The highest BCUT2D eigenvalue weighted by atomic mass is 16.5. The number of nitrogens with zero attached hydrogens (tertiary/aromatic N) is 2. The highest BCUT2D eigenvalue weighted by Crippen LogP contribution is 2.14. The highest BCUT2D eigenvalue weighted by molar-refractivity contribution is 5.96. The van der Waals surface area contributed by atoms with Gasteiger partial charge in [-0.25, -0.2) is 0 Å². The van der Waals surface area contributed by atoms with Crippen molar-refractivity contribution < 1.29 is 9.53 Å². The summed E-state index contributed by atoms with van der Waals surface area (Å²) < 4.78 is 6.91. The number of hydrogen-bond donors (Lipinski definition) is 0. The van der Waals surface area contributed by atoms with Crippen molar-refractivity contribution in [2.24, 2.45) is 0 Å². The Morgan fingerprint density at radius 2 is 2.06 bits per heavy atom. The van der Waals surface area contributed by atoms with E-state index in [1.807, 2.05) is 18.5 Å². The van der Waals surface area contributed by atoms with Gasteiger partial charge in [-0.05, 0) is 33.6 Å². The molecule has 0 bridgehead atoms. The maximum atomic E-state index is 11.4. The van der Waals surface area contributed by atoms with Crippen LogP contribution in [0.3, 0.4) is 0 Å². The fourth-order valence-electron chi connectivity index (χ4n) is 1.93. The molecule has 1 aromatic rings. The summed E-state index contributed by atoms with van der Waals surface area (Å²) in [4.78, 5) is 11.4. The Balaban J connectivity index is 2.67. The van der Waals surface area contributed by atoms with Crippen molar-refractivity contribution in [1.29, 1.82) is 0 Å². The standard InChI is InChI=1S/C12H20N2O2/c1-9-12(11(3)15)10(2)14(13-9)7-5-6-8-16-4/h5-8H2,1-4H3. The van der Waals surface area contributed by atoms with Crippen LogP contribution in [0.25, 0.3) is 0 Å². The molecule has 0 N–H and O–H groups in total. The third-order valence-corrected chi connectivity index (χ3v) is 2.70. The van der Waals surface area contributed by atoms with E-state index in [1.165, 1.54) is 0 Å².